The predicted molar refractivity (Wildman–Crippen MR) is 148 cm³/mol. The Morgan fingerprint density at radius 3 is 2.49 bits per heavy atom. The van der Waals surface area contributed by atoms with Gasteiger partial charge in [-0.15, -0.1) is 0 Å². The van der Waals surface area contributed by atoms with E-state index in [2.05, 4.69) is 31.4 Å². The Kier molecular flexibility index (Phi) is 8.70. The first-order valence-corrected chi connectivity index (χ1v) is 15.9. The minimum atomic E-state index is -0.209. The zero-order valence-electron chi connectivity index (χ0n) is 24.7. The number of morpholine rings is 1. The molecular formula is C32H53BrN2O4. The maximum absolute atomic E-state index is 12.5. The van der Waals surface area contributed by atoms with Crippen molar-refractivity contribution < 1.29 is 40.8 Å². The van der Waals surface area contributed by atoms with Crippen molar-refractivity contribution in [3.8, 4) is 0 Å². The Bertz CT molecular complexity index is 905. The van der Waals surface area contributed by atoms with Crippen molar-refractivity contribution in [3.63, 3.8) is 0 Å². The summed E-state index contributed by atoms with van der Waals surface area (Å²) in [7, 11) is 0. The molecular weight excluding hydrogens is 556 g/mol. The number of halogens is 1. The number of aliphatic hydroxyl groups is 1. The zero-order valence-corrected chi connectivity index (χ0v) is 26.2. The van der Waals surface area contributed by atoms with E-state index >= 15 is 0 Å². The lowest BCUT2D eigenvalue weighted by molar-refractivity contribution is -0.937. The molecule has 0 aromatic heterocycles. The van der Waals surface area contributed by atoms with E-state index in [4.69, 9.17) is 9.47 Å². The fourth-order valence-electron chi connectivity index (χ4n) is 11.3. The molecule has 39 heavy (non-hydrogen) atoms. The molecule has 6 rings (SSSR count). The number of ether oxygens (including phenoxy) is 2. The van der Waals surface area contributed by atoms with Gasteiger partial charge in [0.05, 0.1) is 39.0 Å². The van der Waals surface area contributed by atoms with Gasteiger partial charge in [-0.25, -0.2) is 0 Å². The van der Waals surface area contributed by atoms with E-state index in [1.807, 2.05) is 0 Å². The van der Waals surface area contributed by atoms with Gasteiger partial charge in [0.25, 0.3) is 0 Å². The highest BCUT2D eigenvalue weighted by Crippen LogP contribution is 2.67. The van der Waals surface area contributed by atoms with Gasteiger partial charge >= 0.3 is 5.97 Å². The molecule has 10 atom stereocenters. The van der Waals surface area contributed by atoms with Crippen LogP contribution in [0.15, 0.2) is 12.7 Å². The molecule has 0 aromatic rings. The number of hydrogen-bond acceptors (Lipinski definition) is 5. The molecule has 0 unspecified atom stereocenters. The lowest BCUT2D eigenvalue weighted by atomic mass is 9.44. The van der Waals surface area contributed by atoms with E-state index in [1.165, 1.54) is 51.6 Å². The summed E-state index contributed by atoms with van der Waals surface area (Å²) in [5.74, 6) is 2.54. The van der Waals surface area contributed by atoms with Crippen molar-refractivity contribution in [1.82, 2.24) is 4.90 Å². The van der Waals surface area contributed by atoms with E-state index in [0.29, 0.717) is 29.7 Å². The Morgan fingerprint density at radius 1 is 1.10 bits per heavy atom. The molecule has 0 aromatic carbocycles. The van der Waals surface area contributed by atoms with Crippen LogP contribution in [0.4, 0.5) is 0 Å². The van der Waals surface area contributed by atoms with Crippen LogP contribution in [0.2, 0.25) is 0 Å². The molecule has 4 saturated carbocycles. The molecule has 0 amide bonds. The summed E-state index contributed by atoms with van der Waals surface area (Å²) < 4.78 is 13.1. The van der Waals surface area contributed by atoms with Crippen molar-refractivity contribution >= 4 is 5.97 Å². The first kappa shape index (κ1) is 30.0. The summed E-state index contributed by atoms with van der Waals surface area (Å²) in [6.45, 7) is 17.7. The quantitative estimate of drug-likeness (QED) is 0.291. The second kappa shape index (κ2) is 11.3. The molecule has 6 nitrogen and oxygen atoms in total. The summed E-state index contributed by atoms with van der Waals surface area (Å²) in [6, 6.07) is 0.663. The molecule has 2 saturated heterocycles. The molecule has 4 aliphatic carbocycles. The van der Waals surface area contributed by atoms with Crippen LogP contribution in [0.25, 0.3) is 0 Å². The second-order valence-corrected chi connectivity index (χ2v) is 14.6. The molecule has 6 fully saturated rings. The van der Waals surface area contributed by atoms with E-state index in [1.54, 1.807) is 6.92 Å². The largest absolute Gasteiger partial charge is 1.00 e. The number of aliphatic hydroxyl groups excluding tert-OH is 1. The number of nitrogens with zero attached hydrogens (tertiary/aromatic N) is 2. The highest BCUT2D eigenvalue weighted by molar-refractivity contribution is 5.66. The van der Waals surface area contributed by atoms with Crippen molar-refractivity contribution in [2.24, 2.45) is 34.5 Å². The third-order valence-electron chi connectivity index (χ3n) is 13.1. The predicted octanol–water partition coefficient (Wildman–Crippen LogP) is 1.41. The number of carbonyl (C=O) groups excluding carboxylic acids is 1. The van der Waals surface area contributed by atoms with E-state index < -0.39 is 0 Å². The Labute approximate surface area is 247 Å². The average molecular weight is 610 g/mol. The molecule has 222 valence electrons. The fourth-order valence-corrected chi connectivity index (χ4v) is 11.3. The van der Waals surface area contributed by atoms with Crippen molar-refractivity contribution in [2.75, 3.05) is 45.9 Å². The van der Waals surface area contributed by atoms with Gasteiger partial charge in [-0.2, -0.15) is 0 Å². The highest BCUT2D eigenvalue weighted by Gasteiger charge is 2.67. The van der Waals surface area contributed by atoms with Crippen LogP contribution >= 0.6 is 0 Å². The summed E-state index contributed by atoms with van der Waals surface area (Å²) in [5.41, 5.74) is 0.343. The zero-order chi connectivity index (χ0) is 26.7. The number of esters is 1. The third kappa shape index (κ3) is 4.88. The van der Waals surface area contributed by atoms with Crippen LogP contribution in [0.3, 0.4) is 0 Å². The van der Waals surface area contributed by atoms with Crippen molar-refractivity contribution in [2.45, 2.75) is 103 Å². The number of hydrogen-bond donors (Lipinski definition) is 1. The number of fused-ring (bicyclic) bond motifs is 5. The van der Waals surface area contributed by atoms with Crippen LogP contribution in [-0.4, -0.2) is 90.7 Å². The van der Waals surface area contributed by atoms with Gasteiger partial charge in [0.15, 0.2) is 6.10 Å². The number of rotatable bonds is 5. The number of carbonyl (C=O) groups is 1. The Morgan fingerprint density at radius 2 is 1.82 bits per heavy atom. The van der Waals surface area contributed by atoms with E-state index in [-0.39, 0.29) is 52.0 Å². The normalized spacial score (nSPS) is 47.3. The second-order valence-electron chi connectivity index (χ2n) is 14.6. The van der Waals surface area contributed by atoms with Gasteiger partial charge in [-0.3, -0.25) is 9.69 Å². The minimum absolute atomic E-state index is 0. The monoisotopic (exact) mass is 608 g/mol. The highest BCUT2D eigenvalue weighted by atomic mass is 79.9. The lowest BCUT2D eigenvalue weighted by Gasteiger charge is -2.62. The van der Waals surface area contributed by atoms with Crippen molar-refractivity contribution in [3.05, 3.63) is 12.7 Å². The summed E-state index contributed by atoms with van der Waals surface area (Å²) >= 11 is 0. The van der Waals surface area contributed by atoms with Gasteiger partial charge in [0, 0.05) is 50.7 Å². The standard InChI is InChI=1S/C32H53N2O4.BrH/c1-5-14-34(15-6-7-16-34)28-20-26-24-9-8-23-19-29(36)27(33-12-17-37-18-13-33)21-32(23,4)25(24)10-11-31(26,3)30(28)38-22(2)35;/h5,23-30,36H,1,6-21H2,2-4H3;1H/q+1;/p-1/t23-,24+,25+,26-,27-,28-,29-,30+,31-,32-;/m0./s1. The molecule has 0 bridgehead atoms. The van der Waals surface area contributed by atoms with Crippen LogP contribution in [-0.2, 0) is 14.3 Å². The Hall–Kier alpha value is -0.470. The minimum Gasteiger partial charge on any atom is -1.00 e. The maximum Gasteiger partial charge on any atom is 0.303 e. The van der Waals surface area contributed by atoms with Gasteiger partial charge < -0.3 is 36.0 Å². The SMILES string of the molecule is C=CC[N+]1([C@H]2C[C@H]3[C@@H]4CC[C@H]5C[C@H](O)[C@@H](N6CCOCC6)C[C@]5(C)[C@@H]4CC[C@]3(C)[C@@H]2OC(C)=O)CCCC1.[Br-]. The van der Waals surface area contributed by atoms with E-state index in [0.717, 1.165) is 56.6 Å². The molecule has 1 N–H and O–H groups in total. The third-order valence-corrected chi connectivity index (χ3v) is 13.1. The van der Waals surface area contributed by atoms with Crippen LogP contribution < -0.4 is 17.0 Å². The molecule has 2 heterocycles. The molecule has 0 radical (unpaired) electrons. The van der Waals surface area contributed by atoms with Crippen molar-refractivity contribution in [1.29, 1.82) is 0 Å². The Balaban J connectivity index is 0.00000308. The van der Waals surface area contributed by atoms with Crippen LogP contribution in [0.1, 0.15) is 78.6 Å². The van der Waals surface area contributed by atoms with Gasteiger partial charge in [-0.05, 0) is 73.7 Å². The smallest absolute Gasteiger partial charge is 0.303 e. The lowest BCUT2D eigenvalue weighted by Crippen LogP contribution is -3.00. The van der Waals surface area contributed by atoms with Gasteiger partial charge in [-0.1, -0.05) is 20.4 Å². The molecule has 0 spiro atoms. The first-order valence-electron chi connectivity index (χ1n) is 15.9. The number of quaternary nitrogens is 1. The fraction of sp³-hybridized carbons (Fsp3) is 0.906. The van der Waals surface area contributed by atoms with Gasteiger partial charge in [0.1, 0.15) is 6.04 Å². The van der Waals surface area contributed by atoms with Crippen LogP contribution in [0.5, 0.6) is 0 Å². The number of likely N-dealkylation sites (tertiary alicyclic amines) is 1. The van der Waals surface area contributed by atoms with Gasteiger partial charge in [0.2, 0.25) is 0 Å². The topological polar surface area (TPSA) is 59.0 Å². The summed E-state index contributed by atoms with van der Waals surface area (Å²) in [5, 5.41) is 11.3. The summed E-state index contributed by atoms with van der Waals surface area (Å²) in [4.78, 5) is 15.0. The molecule has 6 aliphatic rings. The van der Waals surface area contributed by atoms with E-state index in [9.17, 15) is 9.90 Å². The maximum atomic E-state index is 12.5. The molecule has 2 aliphatic heterocycles. The average Bonchev–Trinajstić information content (AvgIpc) is 3.48. The molecule has 7 heteroatoms. The van der Waals surface area contributed by atoms with Crippen LogP contribution in [0, 0.1) is 34.5 Å². The first-order chi connectivity index (χ1) is 18.2. The summed E-state index contributed by atoms with van der Waals surface area (Å²) in [6.07, 6.45) is 12.7.